The first kappa shape index (κ1) is 54.1. The molecule has 0 bridgehead atoms. The molecule has 1 heterocycles. The molecule has 0 aromatic heterocycles. The average Bonchev–Trinajstić information content (AvgIpc) is 3.59. The van der Waals surface area contributed by atoms with Gasteiger partial charge < -0.3 is 57.0 Å². The van der Waals surface area contributed by atoms with Gasteiger partial charge in [0.05, 0.1) is 9.13 Å². The standard InChI is InChI=1S/C42H49IN6O18/c43-25-20-22(7-12-30(25)50)8-13-31(51)44-19-2-1-6-29(41(64)65)48-40(63)28(11-18-36(58)59)47-39(62)27(10-17-35(56)57)46-38(61)26(9-16-34(54)55)45-37(60)23-4-3-5-24(21-23)42(66)67-49-32(52)14-15-33(49)53/h3-5,7,12,20-21,26-29,50H,1-2,6,8-11,13-19H2,(H,44,51)(H,45,60)(H,46,61)(H,47,62)(H,48,63)(H,54,55)(H,56,57)(H,58,59)(H,64,65)/t26-,27-,28-,29-/m1/s1. The third-order valence-corrected chi connectivity index (χ3v) is 10.7. The van der Waals surface area contributed by atoms with Crippen LogP contribution in [0.4, 0.5) is 0 Å². The van der Waals surface area contributed by atoms with Crippen molar-refractivity contribution in [3.63, 3.8) is 0 Å². The third-order valence-electron chi connectivity index (χ3n) is 9.88. The molecule has 1 aliphatic rings. The second-order valence-electron chi connectivity index (χ2n) is 15.0. The number of nitrogens with zero attached hydrogens (tertiary/aromatic N) is 1. The van der Waals surface area contributed by atoms with E-state index in [9.17, 15) is 83.1 Å². The molecule has 24 nitrogen and oxygen atoms in total. The lowest BCUT2D eigenvalue weighted by Crippen LogP contribution is -2.58. The van der Waals surface area contributed by atoms with Crippen LogP contribution in [0.3, 0.4) is 0 Å². The largest absolute Gasteiger partial charge is 0.507 e. The zero-order valence-corrected chi connectivity index (χ0v) is 37.8. The fourth-order valence-electron chi connectivity index (χ4n) is 6.26. The smallest absolute Gasteiger partial charge is 0.363 e. The number of aromatic hydroxyl groups is 1. The van der Waals surface area contributed by atoms with Crippen molar-refractivity contribution in [2.75, 3.05) is 6.54 Å². The van der Waals surface area contributed by atoms with Gasteiger partial charge in [0, 0.05) is 50.6 Å². The van der Waals surface area contributed by atoms with Crippen LogP contribution in [0.2, 0.25) is 0 Å². The molecule has 2 aromatic rings. The topological polar surface area (TPSA) is 379 Å². The molecule has 10 N–H and O–H groups in total. The number of carboxylic acid groups (broad SMARTS) is 4. The minimum absolute atomic E-state index is 0.118. The Bertz CT molecular complexity index is 2220. The number of phenolic OH excluding ortho intramolecular Hbond substituents is 1. The zero-order valence-electron chi connectivity index (χ0n) is 35.6. The van der Waals surface area contributed by atoms with Crippen molar-refractivity contribution >= 4 is 93.8 Å². The minimum atomic E-state index is -1.81. The van der Waals surface area contributed by atoms with Gasteiger partial charge >= 0.3 is 29.8 Å². The van der Waals surface area contributed by atoms with Gasteiger partial charge in [-0.15, -0.1) is 5.06 Å². The van der Waals surface area contributed by atoms with E-state index in [2.05, 4.69) is 26.6 Å². The number of carboxylic acids is 4. The second-order valence-corrected chi connectivity index (χ2v) is 16.2. The molecule has 4 atom stereocenters. The Morgan fingerprint density at radius 2 is 1.13 bits per heavy atom. The number of hydrogen-bond donors (Lipinski definition) is 10. The highest BCUT2D eigenvalue weighted by Crippen LogP contribution is 2.21. The number of nitrogens with one attached hydrogen (secondary N) is 5. The van der Waals surface area contributed by atoms with Crippen LogP contribution < -0.4 is 26.6 Å². The van der Waals surface area contributed by atoms with Gasteiger partial charge in [0.2, 0.25) is 23.6 Å². The summed E-state index contributed by atoms with van der Waals surface area (Å²) in [6, 6.07) is 2.71. The lowest BCUT2D eigenvalue weighted by Gasteiger charge is -2.26. The van der Waals surface area contributed by atoms with E-state index < -0.39 is 128 Å². The van der Waals surface area contributed by atoms with Gasteiger partial charge in [-0.25, -0.2) is 9.59 Å². The first-order valence-electron chi connectivity index (χ1n) is 20.7. The van der Waals surface area contributed by atoms with E-state index in [1.165, 1.54) is 24.3 Å². The summed E-state index contributed by atoms with van der Waals surface area (Å²) < 4.78 is 0.630. The predicted octanol–water partition coefficient (Wildman–Crippen LogP) is 0.369. The van der Waals surface area contributed by atoms with Crippen LogP contribution >= 0.6 is 22.6 Å². The Balaban J connectivity index is 1.68. The normalized spacial score (nSPS) is 13.8. The SMILES string of the molecule is O=C(O)CC[C@@H](NC(=O)c1cccc(C(=O)ON2C(=O)CCC2=O)c1)C(=O)N[C@H](CCC(=O)O)C(=O)N[C@H](CCC(=O)O)C(=O)N[C@H](CCCCNC(=O)CCc1ccc(O)c(I)c1)C(=O)O. The van der Waals surface area contributed by atoms with Crippen LogP contribution in [0.1, 0.15) is 103 Å². The maximum Gasteiger partial charge on any atom is 0.363 e. The summed E-state index contributed by atoms with van der Waals surface area (Å²) in [5.74, 6) is -13.2. The maximum atomic E-state index is 13.6. The molecular formula is C42H49IN6O18. The van der Waals surface area contributed by atoms with Crippen molar-refractivity contribution in [1.29, 1.82) is 0 Å². The summed E-state index contributed by atoms with van der Waals surface area (Å²) in [7, 11) is 0. The number of aliphatic carboxylic acids is 4. The van der Waals surface area contributed by atoms with Crippen molar-refractivity contribution in [3.8, 4) is 5.75 Å². The van der Waals surface area contributed by atoms with E-state index in [1.807, 2.05) is 22.6 Å². The van der Waals surface area contributed by atoms with Crippen molar-refractivity contribution in [1.82, 2.24) is 31.6 Å². The summed E-state index contributed by atoms with van der Waals surface area (Å²) in [4.78, 5) is 154. The molecule has 0 unspecified atom stereocenters. The van der Waals surface area contributed by atoms with Crippen LogP contribution in [0.5, 0.6) is 5.75 Å². The lowest BCUT2D eigenvalue weighted by atomic mass is 10.0. The van der Waals surface area contributed by atoms with E-state index in [4.69, 9.17) is 4.84 Å². The zero-order chi connectivity index (χ0) is 49.8. The molecule has 67 heavy (non-hydrogen) atoms. The van der Waals surface area contributed by atoms with Crippen molar-refractivity contribution in [2.45, 2.75) is 108 Å². The molecule has 1 fully saturated rings. The van der Waals surface area contributed by atoms with Crippen molar-refractivity contribution in [3.05, 3.63) is 62.7 Å². The number of halogens is 1. The molecule has 7 amide bonds. The van der Waals surface area contributed by atoms with E-state index in [1.54, 1.807) is 12.1 Å². The van der Waals surface area contributed by atoms with Gasteiger partial charge in [0.1, 0.15) is 29.9 Å². The molecule has 3 rings (SSSR count). The molecular weight excluding hydrogens is 1000 g/mol. The fourth-order valence-corrected chi connectivity index (χ4v) is 6.84. The number of benzene rings is 2. The number of carbonyl (C=O) groups excluding carboxylic acids is 8. The van der Waals surface area contributed by atoms with Crippen molar-refractivity contribution in [2.24, 2.45) is 0 Å². The van der Waals surface area contributed by atoms with Crippen LogP contribution in [0, 0.1) is 3.57 Å². The number of unbranched alkanes of at least 4 members (excludes halogenated alkanes) is 1. The number of aryl methyl sites for hydroxylation is 1. The molecule has 1 aliphatic heterocycles. The molecule has 0 saturated carbocycles. The molecule has 362 valence electrons. The summed E-state index contributed by atoms with van der Waals surface area (Å²) in [5.41, 5.74) is 0.249. The van der Waals surface area contributed by atoms with Crippen LogP contribution in [-0.4, -0.2) is 133 Å². The van der Waals surface area contributed by atoms with Crippen molar-refractivity contribution < 1.29 is 87.9 Å². The number of amides is 7. The Labute approximate surface area is 394 Å². The van der Waals surface area contributed by atoms with Crippen LogP contribution in [0.15, 0.2) is 42.5 Å². The monoisotopic (exact) mass is 1050 g/mol. The van der Waals surface area contributed by atoms with E-state index in [-0.39, 0.29) is 66.5 Å². The Kier molecular flexibility index (Phi) is 21.6. The molecule has 0 spiro atoms. The van der Waals surface area contributed by atoms with E-state index in [0.29, 0.717) is 16.4 Å². The maximum absolute atomic E-state index is 13.6. The molecule has 0 radical (unpaired) electrons. The number of hydrogen-bond acceptors (Lipinski definition) is 14. The number of hydroxylamine groups is 2. The molecule has 2 aromatic carbocycles. The van der Waals surface area contributed by atoms with Gasteiger partial charge in [-0.3, -0.25) is 47.9 Å². The summed E-state index contributed by atoms with van der Waals surface area (Å²) in [5, 5.41) is 59.5. The molecule has 0 aliphatic carbocycles. The lowest BCUT2D eigenvalue weighted by molar-refractivity contribution is -0.172. The summed E-state index contributed by atoms with van der Waals surface area (Å²) in [6.45, 7) is 0.171. The highest BCUT2D eigenvalue weighted by atomic mass is 127. The molecule has 1 saturated heterocycles. The predicted molar refractivity (Wildman–Crippen MR) is 234 cm³/mol. The second kappa shape index (κ2) is 26.7. The van der Waals surface area contributed by atoms with Gasteiger partial charge in [0.25, 0.3) is 17.7 Å². The Hall–Kier alpha value is -7.19. The Morgan fingerprint density at radius 1 is 0.627 bits per heavy atom. The first-order chi connectivity index (χ1) is 31.6. The third kappa shape index (κ3) is 18.7. The van der Waals surface area contributed by atoms with E-state index >= 15 is 0 Å². The van der Waals surface area contributed by atoms with Gasteiger partial charge in [-0.2, -0.15) is 0 Å². The van der Waals surface area contributed by atoms with Gasteiger partial charge in [-0.05, 0) is 103 Å². The Morgan fingerprint density at radius 3 is 1.64 bits per heavy atom. The highest BCUT2D eigenvalue weighted by molar-refractivity contribution is 14.1. The number of rotatable bonds is 28. The minimum Gasteiger partial charge on any atom is -0.507 e. The molecule has 25 heteroatoms. The highest BCUT2D eigenvalue weighted by Gasteiger charge is 2.34. The van der Waals surface area contributed by atoms with Crippen LogP contribution in [-0.2, 0) is 59.2 Å². The number of carbonyl (C=O) groups is 12. The fraction of sp³-hybridized carbons (Fsp3) is 0.429. The number of imide groups is 1. The first-order valence-corrected chi connectivity index (χ1v) is 21.7. The number of phenols is 1. The van der Waals surface area contributed by atoms with Crippen LogP contribution in [0.25, 0.3) is 0 Å². The average molecular weight is 1050 g/mol. The van der Waals surface area contributed by atoms with E-state index in [0.717, 1.165) is 11.6 Å². The summed E-state index contributed by atoms with van der Waals surface area (Å²) in [6.07, 6.45) is -3.50. The van der Waals surface area contributed by atoms with Gasteiger partial charge in [0.15, 0.2) is 0 Å². The quantitative estimate of drug-likeness (QED) is 0.0313. The summed E-state index contributed by atoms with van der Waals surface area (Å²) >= 11 is 1.96. The van der Waals surface area contributed by atoms with Gasteiger partial charge in [-0.1, -0.05) is 12.1 Å².